The Hall–Kier alpha value is -2.18. The topological polar surface area (TPSA) is 57.7 Å². The van der Waals surface area contributed by atoms with Crippen LogP contribution in [0, 0.1) is 0 Å². The molecule has 0 spiro atoms. The molecule has 0 unspecified atom stereocenters. The average molecular weight is 389 g/mol. The largest absolute Gasteiger partial charge is 0.339 e. The van der Waals surface area contributed by atoms with Gasteiger partial charge in [0.25, 0.3) is 5.91 Å². The van der Waals surface area contributed by atoms with Crippen LogP contribution in [0.1, 0.15) is 43.6 Å². The maximum Gasteiger partial charge on any atom is 0.253 e. The third-order valence-electron chi connectivity index (χ3n) is 4.52. The first-order valence-electron chi connectivity index (χ1n) is 9.26. The van der Waals surface area contributed by atoms with E-state index in [2.05, 4.69) is 0 Å². The molecule has 5 nitrogen and oxygen atoms in total. The fourth-order valence-electron chi connectivity index (χ4n) is 2.91. The summed E-state index contributed by atoms with van der Waals surface area (Å²) in [4.78, 5) is 14.3. The molecule has 0 aromatic heterocycles. The van der Waals surface area contributed by atoms with Crippen LogP contribution >= 0.6 is 0 Å². The number of hydrogen-bond acceptors (Lipinski definition) is 3. The van der Waals surface area contributed by atoms with E-state index < -0.39 is 10.0 Å². The average Bonchev–Trinajstić information content (AvgIpc) is 2.67. The van der Waals surface area contributed by atoms with Gasteiger partial charge in [0, 0.05) is 31.2 Å². The Bertz CT molecular complexity index is 843. The molecule has 0 radical (unpaired) electrons. The van der Waals surface area contributed by atoms with Crippen molar-refractivity contribution in [1.29, 1.82) is 0 Å². The molecule has 0 heterocycles. The third-order valence-corrected chi connectivity index (χ3v) is 6.55. The van der Waals surface area contributed by atoms with Gasteiger partial charge >= 0.3 is 0 Å². The van der Waals surface area contributed by atoms with Crippen LogP contribution in [0.3, 0.4) is 0 Å². The molecule has 0 fully saturated rings. The second-order valence-electron chi connectivity index (χ2n) is 6.63. The lowest BCUT2D eigenvalue weighted by Crippen LogP contribution is -2.36. The smallest absolute Gasteiger partial charge is 0.253 e. The Morgan fingerprint density at radius 1 is 0.926 bits per heavy atom. The van der Waals surface area contributed by atoms with Crippen LogP contribution in [0.5, 0.6) is 0 Å². The maximum absolute atomic E-state index is 13.1. The lowest BCUT2D eigenvalue weighted by Gasteiger charge is -2.26. The zero-order valence-corrected chi connectivity index (χ0v) is 17.2. The molecule has 2 aromatic carbocycles. The first-order valence-corrected chi connectivity index (χ1v) is 10.7. The van der Waals surface area contributed by atoms with Gasteiger partial charge in [-0.05, 0) is 57.5 Å². The van der Waals surface area contributed by atoms with Gasteiger partial charge in [-0.1, -0.05) is 30.3 Å². The SMILES string of the molecule is CCN(CC)C(=O)c1ccc(S(=O)(=O)N(Cc2ccccc2)C(C)C)cc1. The number of sulfonamides is 1. The van der Waals surface area contributed by atoms with E-state index in [1.54, 1.807) is 17.0 Å². The van der Waals surface area contributed by atoms with Crippen molar-refractivity contribution in [2.75, 3.05) is 13.1 Å². The normalized spacial score (nSPS) is 11.8. The molecular formula is C21H28N2O3S. The van der Waals surface area contributed by atoms with E-state index in [1.807, 2.05) is 58.0 Å². The zero-order valence-electron chi connectivity index (χ0n) is 16.4. The molecule has 1 amide bonds. The van der Waals surface area contributed by atoms with Crippen molar-refractivity contribution in [2.45, 2.75) is 45.2 Å². The molecule has 2 aromatic rings. The van der Waals surface area contributed by atoms with E-state index in [0.717, 1.165) is 5.56 Å². The predicted molar refractivity (Wildman–Crippen MR) is 108 cm³/mol. The van der Waals surface area contributed by atoms with Crippen LogP contribution < -0.4 is 0 Å². The highest BCUT2D eigenvalue weighted by molar-refractivity contribution is 7.89. The zero-order chi connectivity index (χ0) is 20.0. The standard InChI is InChI=1S/C21H28N2O3S/c1-5-22(6-2)21(24)19-12-14-20(15-13-19)27(25,26)23(17(3)4)16-18-10-8-7-9-11-18/h7-15,17H,5-6,16H2,1-4H3. The van der Waals surface area contributed by atoms with E-state index in [1.165, 1.54) is 16.4 Å². The van der Waals surface area contributed by atoms with Gasteiger partial charge in [0.1, 0.15) is 0 Å². The fourth-order valence-corrected chi connectivity index (χ4v) is 4.53. The van der Waals surface area contributed by atoms with E-state index in [4.69, 9.17) is 0 Å². The second kappa shape index (κ2) is 9.15. The van der Waals surface area contributed by atoms with Crippen LogP contribution in [-0.4, -0.2) is 42.7 Å². The minimum absolute atomic E-state index is 0.0889. The summed E-state index contributed by atoms with van der Waals surface area (Å²) in [7, 11) is -3.66. The summed E-state index contributed by atoms with van der Waals surface area (Å²) < 4.78 is 27.7. The molecule has 0 atom stereocenters. The molecule has 0 aliphatic rings. The lowest BCUT2D eigenvalue weighted by molar-refractivity contribution is 0.0773. The van der Waals surface area contributed by atoms with Crippen molar-refractivity contribution in [2.24, 2.45) is 0 Å². The first kappa shape index (κ1) is 21.1. The first-order chi connectivity index (χ1) is 12.8. The molecule has 146 valence electrons. The molecule has 0 saturated carbocycles. The Morgan fingerprint density at radius 2 is 1.48 bits per heavy atom. The molecule has 0 N–H and O–H groups in total. The summed E-state index contributed by atoms with van der Waals surface area (Å²) in [5.74, 6) is -0.0889. The Balaban J connectivity index is 2.29. The summed E-state index contributed by atoms with van der Waals surface area (Å²) in [6, 6.07) is 15.6. The highest BCUT2D eigenvalue weighted by Crippen LogP contribution is 2.22. The molecule has 2 rings (SSSR count). The van der Waals surface area contributed by atoms with Crippen molar-refractivity contribution in [3.05, 3.63) is 65.7 Å². The quantitative estimate of drug-likeness (QED) is 0.692. The molecule has 0 saturated heterocycles. The summed E-state index contributed by atoms with van der Waals surface area (Å²) >= 11 is 0. The second-order valence-corrected chi connectivity index (χ2v) is 8.52. The summed E-state index contributed by atoms with van der Waals surface area (Å²) in [5.41, 5.74) is 1.43. The molecular weight excluding hydrogens is 360 g/mol. The van der Waals surface area contributed by atoms with Crippen molar-refractivity contribution in [3.63, 3.8) is 0 Å². The molecule has 6 heteroatoms. The Kier molecular flexibility index (Phi) is 7.16. The number of carbonyl (C=O) groups excluding carboxylic acids is 1. The van der Waals surface area contributed by atoms with Gasteiger partial charge in [0.2, 0.25) is 10.0 Å². The summed E-state index contributed by atoms with van der Waals surface area (Å²) in [5, 5.41) is 0. The van der Waals surface area contributed by atoms with Crippen molar-refractivity contribution in [1.82, 2.24) is 9.21 Å². The van der Waals surface area contributed by atoms with Gasteiger partial charge in [0.05, 0.1) is 4.90 Å². The monoisotopic (exact) mass is 388 g/mol. The van der Waals surface area contributed by atoms with Crippen molar-refractivity contribution in [3.8, 4) is 0 Å². The predicted octanol–water partition coefficient (Wildman–Crippen LogP) is 3.77. The number of hydrogen-bond donors (Lipinski definition) is 0. The molecule has 0 aliphatic carbocycles. The van der Waals surface area contributed by atoms with E-state index in [9.17, 15) is 13.2 Å². The number of benzene rings is 2. The Labute approximate surface area is 162 Å². The van der Waals surface area contributed by atoms with Crippen molar-refractivity contribution >= 4 is 15.9 Å². The van der Waals surface area contributed by atoms with Crippen LogP contribution in [-0.2, 0) is 16.6 Å². The highest BCUT2D eigenvalue weighted by Gasteiger charge is 2.27. The van der Waals surface area contributed by atoms with Gasteiger partial charge in [0.15, 0.2) is 0 Å². The van der Waals surface area contributed by atoms with Crippen LogP contribution in [0.4, 0.5) is 0 Å². The van der Waals surface area contributed by atoms with Crippen LogP contribution in [0.15, 0.2) is 59.5 Å². The maximum atomic E-state index is 13.1. The molecule has 0 bridgehead atoms. The van der Waals surface area contributed by atoms with Crippen LogP contribution in [0.2, 0.25) is 0 Å². The van der Waals surface area contributed by atoms with Gasteiger partial charge < -0.3 is 4.90 Å². The fraction of sp³-hybridized carbons (Fsp3) is 0.381. The number of amides is 1. The van der Waals surface area contributed by atoms with Crippen LogP contribution in [0.25, 0.3) is 0 Å². The highest BCUT2D eigenvalue weighted by atomic mass is 32.2. The van der Waals surface area contributed by atoms with Gasteiger partial charge in [-0.25, -0.2) is 8.42 Å². The minimum Gasteiger partial charge on any atom is -0.339 e. The number of nitrogens with zero attached hydrogens (tertiary/aromatic N) is 2. The van der Waals surface area contributed by atoms with E-state index in [0.29, 0.717) is 25.2 Å². The van der Waals surface area contributed by atoms with Gasteiger partial charge in [-0.15, -0.1) is 0 Å². The van der Waals surface area contributed by atoms with Gasteiger partial charge in [-0.3, -0.25) is 4.79 Å². The number of carbonyl (C=O) groups is 1. The number of rotatable bonds is 8. The van der Waals surface area contributed by atoms with E-state index >= 15 is 0 Å². The summed E-state index contributed by atoms with van der Waals surface area (Å²) in [6.45, 7) is 9.11. The van der Waals surface area contributed by atoms with Gasteiger partial charge in [-0.2, -0.15) is 4.31 Å². The van der Waals surface area contributed by atoms with E-state index in [-0.39, 0.29) is 16.8 Å². The minimum atomic E-state index is -3.66. The van der Waals surface area contributed by atoms with Crippen molar-refractivity contribution < 1.29 is 13.2 Å². The molecule has 27 heavy (non-hydrogen) atoms. The molecule has 0 aliphatic heterocycles. The summed E-state index contributed by atoms with van der Waals surface area (Å²) in [6.07, 6.45) is 0. The third kappa shape index (κ3) is 4.96. The Morgan fingerprint density at radius 3 is 1.96 bits per heavy atom. The lowest BCUT2D eigenvalue weighted by atomic mass is 10.2.